The molecule has 28 heavy (non-hydrogen) atoms. The number of hydrogen-bond donors (Lipinski definition) is 0. The van der Waals surface area contributed by atoms with Gasteiger partial charge in [0.25, 0.3) is 5.91 Å². The number of carbonyl (C=O) groups excluding carboxylic acids is 1. The molecule has 140 valence electrons. The zero-order valence-corrected chi connectivity index (χ0v) is 17.2. The number of halogens is 2. The summed E-state index contributed by atoms with van der Waals surface area (Å²) in [6, 6.07) is 16.3. The standard InChI is InChI=1S/C21H15Cl2N3OS/c1-13-9-16(23)11-18-19(13)25-21(28-18)26(12-17-7-2-3-8-24-17)20(27)14-5-4-6-15(22)10-14/h2-11H,12H2,1H3. The summed E-state index contributed by atoms with van der Waals surface area (Å²) in [5.41, 5.74) is 3.08. The molecule has 0 bridgehead atoms. The number of thiazole rings is 1. The lowest BCUT2D eigenvalue weighted by Gasteiger charge is -2.19. The third-order valence-corrected chi connectivity index (χ3v) is 5.71. The van der Waals surface area contributed by atoms with Gasteiger partial charge < -0.3 is 0 Å². The second kappa shape index (κ2) is 7.87. The maximum absolute atomic E-state index is 13.3. The molecule has 4 aromatic rings. The van der Waals surface area contributed by atoms with Gasteiger partial charge in [-0.2, -0.15) is 0 Å². The number of pyridine rings is 1. The molecule has 0 N–H and O–H groups in total. The number of aryl methyl sites for hydroxylation is 1. The molecule has 0 aliphatic heterocycles. The predicted octanol–water partition coefficient (Wildman–Crippen LogP) is 6.15. The Hall–Kier alpha value is -2.47. The Balaban J connectivity index is 1.80. The maximum atomic E-state index is 13.3. The number of amides is 1. The lowest BCUT2D eigenvalue weighted by Crippen LogP contribution is -2.30. The number of carbonyl (C=O) groups is 1. The fraction of sp³-hybridized carbons (Fsp3) is 0.0952. The van der Waals surface area contributed by atoms with E-state index < -0.39 is 0 Å². The first-order valence-corrected chi connectivity index (χ1v) is 10.1. The lowest BCUT2D eigenvalue weighted by atomic mass is 10.2. The summed E-state index contributed by atoms with van der Waals surface area (Å²) < 4.78 is 0.935. The van der Waals surface area contributed by atoms with E-state index in [9.17, 15) is 4.79 Å². The molecule has 1 amide bonds. The number of rotatable bonds is 4. The fourth-order valence-electron chi connectivity index (χ4n) is 2.92. The van der Waals surface area contributed by atoms with Crippen LogP contribution in [0.5, 0.6) is 0 Å². The maximum Gasteiger partial charge on any atom is 0.260 e. The molecule has 0 spiro atoms. The Morgan fingerprint density at radius 1 is 1.07 bits per heavy atom. The van der Waals surface area contributed by atoms with E-state index in [-0.39, 0.29) is 5.91 Å². The minimum absolute atomic E-state index is 0.184. The van der Waals surface area contributed by atoms with Crippen LogP contribution in [-0.4, -0.2) is 15.9 Å². The molecular formula is C21H15Cl2N3OS. The summed E-state index contributed by atoms with van der Waals surface area (Å²) in [7, 11) is 0. The zero-order chi connectivity index (χ0) is 19.7. The Bertz CT molecular complexity index is 1160. The highest BCUT2D eigenvalue weighted by atomic mass is 35.5. The van der Waals surface area contributed by atoms with Gasteiger partial charge in [0.15, 0.2) is 5.13 Å². The van der Waals surface area contributed by atoms with Crippen molar-refractivity contribution in [3.05, 3.63) is 87.7 Å². The average Bonchev–Trinajstić information content (AvgIpc) is 3.10. The first-order chi connectivity index (χ1) is 13.5. The number of aromatic nitrogens is 2. The van der Waals surface area contributed by atoms with E-state index in [4.69, 9.17) is 28.2 Å². The minimum Gasteiger partial charge on any atom is -0.278 e. The minimum atomic E-state index is -0.184. The van der Waals surface area contributed by atoms with E-state index >= 15 is 0 Å². The molecule has 2 heterocycles. The van der Waals surface area contributed by atoms with Crippen molar-refractivity contribution in [2.75, 3.05) is 4.90 Å². The molecule has 0 fully saturated rings. The summed E-state index contributed by atoms with van der Waals surface area (Å²) in [4.78, 5) is 24.0. The molecular weight excluding hydrogens is 413 g/mol. The van der Waals surface area contributed by atoms with E-state index in [1.807, 2.05) is 37.3 Å². The van der Waals surface area contributed by atoms with Gasteiger partial charge in [-0.1, -0.05) is 46.7 Å². The number of nitrogens with zero attached hydrogens (tertiary/aromatic N) is 3. The van der Waals surface area contributed by atoms with Gasteiger partial charge >= 0.3 is 0 Å². The quantitative estimate of drug-likeness (QED) is 0.392. The molecule has 4 nitrogen and oxygen atoms in total. The van der Waals surface area contributed by atoms with Crippen LogP contribution in [0.3, 0.4) is 0 Å². The van der Waals surface area contributed by atoms with E-state index in [0.29, 0.717) is 27.3 Å². The van der Waals surface area contributed by atoms with Crippen molar-refractivity contribution >= 4 is 55.8 Å². The van der Waals surface area contributed by atoms with Gasteiger partial charge in [0.1, 0.15) is 0 Å². The molecule has 0 unspecified atom stereocenters. The highest BCUT2D eigenvalue weighted by molar-refractivity contribution is 7.22. The fourth-order valence-corrected chi connectivity index (χ4v) is 4.52. The van der Waals surface area contributed by atoms with Gasteiger partial charge in [-0.25, -0.2) is 4.98 Å². The average molecular weight is 428 g/mol. The van der Waals surface area contributed by atoms with Crippen LogP contribution in [-0.2, 0) is 6.54 Å². The van der Waals surface area contributed by atoms with Gasteiger partial charge in [-0.3, -0.25) is 14.7 Å². The van der Waals surface area contributed by atoms with E-state index in [1.165, 1.54) is 11.3 Å². The topological polar surface area (TPSA) is 46.1 Å². The van der Waals surface area contributed by atoms with Gasteiger partial charge in [-0.15, -0.1) is 0 Å². The molecule has 2 aromatic carbocycles. The van der Waals surface area contributed by atoms with Crippen LogP contribution in [0.2, 0.25) is 10.0 Å². The van der Waals surface area contributed by atoms with Crippen molar-refractivity contribution in [3.8, 4) is 0 Å². The summed E-state index contributed by atoms with van der Waals surface area (Å²) >= 11 is 13.7. The van der Waals surface area contributed by atoms with Crippen molar-refractivity contribution in [1.82, 2.24) is 9.97 Å². The van der Waals surface area contributed by atoms with Crippen LogP contribution in [0.15, 0.2) is 60.8 Å². The van der Waals surface area contributed by atoms with Crippen LogP contribution >= 0.6 is 34.5 Å². The van der Waals surface area contributed by atoms with Crippen molar-refractivity contribution < 1.29 is 4.79 Å². The molecule has 0 aliphatic carbocycles. The Morgan fingerprint density at radius 2 is 1.93 bits per heavy atom. The van der Waals surface area contributed by atoms with Crippen molar-refractivity contribution in [1.29, 1.82) is 0 Å². The van der Waals surface area contributed by atoms with Crippen LogP contribution < -0.4 is 4.90 Å². The molecule has 4 rings (SSSR count). The summed E-state index contributed by atoms with van der Waals surface area (Å²) in [6.07, 6.45) is 1.71. The molecule has 2 aromatic heterocycles. The van der Waals surface area contributed by atoms with Gasteiger partial charge in [0.2, 0.25) is 0 Å². The van der Waals surface area contributed by atoms with Crippen LogP contribution in [0.1, 0.15) is 21.6 Å². The summed E-state index contributed by atoms with van der Waals surface area (Å²) in [5.74, 6) is -0.184. The number of fused-ring (bicyclic) bond motifs is 1. The predicted molar refractivity (Wildman–Crippen MR) is 116 cm³/mol. The molecule has 0 radical (unpaired) electrons. The largest absolute Gasteiger partial charge is 0.278 e. The molecule has 0 saturated carbocycles. The first-order valence-electron chi connectivity index (χ1n) is 8.55. The van der Waals surface area contributed by atoms with Crippen LogP contribution in [0.25, 0.3) is 10.2 Å². The van der Waals surface area contributed by atoms with Gasteiger partial charge in [0, 0.05) is 21.8 Å². The summed E-state index contributed by atoms with van der Waals surface area (Å²) in [6.45, 7) is 2.26. The Kier molecular flexibility index (Phi) is 5.31. The van der Waals surface area contributed by atoms with E-state index in [2.05, 4.69) is 4.98 Å². The molecule has 0 atom stereocenters. The number of anilines is 1. The Labute approximate surface area is 176 Å². The molecule has 0 saturated heterocycles. The summed E-state index contributed by atoms with van der Waals surface area (Å²) in [5, 5.41) is 1.75. The van der Waals surface area contributed by atoms with Gasteiger partial charge in [0.05, 0.1) is 22.5 Å². The van der Waals surface area contributed by atoms with Crippen molar-refractivity contribution in [2.45, 2.75) is 13.5 Å². The van der Waals surface area contributed by atoms with Crippen molar-refractivity contribution in [2.24, 2.45) is 0 Å². The van der Waals surface area contributed by atoms with E-state index in [1.54, 1.807) is 35.4 Å². The highest BCUT2D eigenvalue weighted by Gasteiger charge is 2.23. The SMILES string of the molecule is Cc1cc(Cl)cc2sc(N(Cc3ccccn3)C(=O)c3cccc(Cl)c3)nc12. The second-order valence-corrected chi connectivity index (χ2v) is 8.17. The van der Waals surface area contributed by atoms with E-state index in [0.717, 1.165) is 21.5 Å². The Morgan fingerprint density at radius 3 is 2.68 bits per heavy atom. The zero-order valence-electron chi connectivity index (χ0n) is 14.9. The van der Waals surface area contributed by atoms with Crippen LogP contribution in [0.4, 0.5) is 5.13 Å². The first kappa shape index (κ1) is 18.9. The number of benzene rings is 2. The molecule has 0 aliphatic rings. The lowest BCUT2D eigenvalue weighted by molar-refractivity contribution is 0.0985. The normalized spacial score (nSPS) is 11.0. The monoisotopic (exact) mass is 427 g/mol. The highest BCUT2D eigenvalue weighted by Crippen LogP contribution is 2.34. The van der Waals surface area contributed by atoms with Crippen LogP contribution in [0, 0.1) is 6.92 Å². The molecule has 7 heteroatoms. The van der Waals surface area contributed by atoms with Gasteiger partial charge in [-0.05, 0) is 55.0 Å². The third kappa shape index (κ3) is 3.87. The second-order valence-electron chi connectivity index (χ2n) is 6.29. The smallest absolute Gasteiger partial charge is 0.260 e. The third-order valence-electron chi connectivity index (χ3n) is 4.23. The number of hydrogen-bond acceptors (Lipinski definition) is 4. The van der Waals surface area contributed by atoms with Crippen molar-refractivity contribution in [3.63, 3.8) is 0 Å².